The Balaban J connectivity index is 3.21. The molecule has 1 aromatic carbocycles. The molecule has 0 fully saturated rings. The Bertz CT molecular complexity index is 269. The van der Waals surface area contributed by atoms with E-state index in [1.165, 1.54) is 0 Å². The second-order valence-corrected chi connectivity index (χ2v) is 3.42. The van der Waals surface area contributed by atoms with Gasteiger partial charge in [0.05, 0.1) is 0 Å². The molecule has 0 spiro atoms. The summed E-state index contributed by atoms with van der Waals surface area (Å²) < 4.78 is 12.9. The Morgan fingerprint density at radius 3 is 2.36 bits per heavy atom. The van der Waals surface area contributed by atoms with Gasteiger partial charge in [0.1, 0.15) is 5.82 Å². The SMILES string of the molecule is CSc1cc(C)c(F)cc1C. The molecule has 0 heterocycles. The average Bonchev–Trinajstić information content (AvgIpc) is 1.97. The monoisotopic (exact) mass is 170 g/mol. The Morgan fingerprint density at radius 1 is 1.18 bits per heavy atom. The quantitative estimate of drug-likeness (QED) is 0.583. The molecule has 11 heavy (non-hydrogen) atoms. The summed E-state index contributed by atoms with van der Waals surface area (Å²) in [5, 5.41) is 0. The van der Waals surface area contributed by atoms with Gasteiger partial charge >= 0.3 is 0 Å². The first-order valence-corrected chi connectivity index (χ1v) is 4.68. The highest BCUT2D eigenvalue weighted by Gasteiger charge is 2.01. The Kier molecular flexibility index (Phi) is 2.55. The zero-order valence-electron chi connectivity index (χ0n) is 6.94. The molecule has 0 N–H and O–H groups in total. The van der Waals surface area contributed by atoms with Gasteiger partial charge in [-0.2, -0.15) is 0 Å². The van der Waals surface area contributed by atoms with Crippen LogP contribution in [0.5, 0.6) is 0 Å². The van der Waals surface area contributed by atoms with Crippen LogP contribution in [0.4, 0.5) is 4.39 Å². The smallest absolute Gasteiger partial charge is 0.126 e. The fourth-order valence-electron chi connectivity index (χ4n) is 0.974. The van der Waals surface area contributed by atoms with Crippen molar-refractivity contribution in [3.8, 4) is 0 Å². The summed E-state index contributed by atoms with van der Waals surface area (Å²) in [6, 6.07) is 3.47. The lowest BCUT2D eigenvalue weighted by Gasteiger charge is -2.03. The normalized spacial score (nSPS) is 10.2. The molecule has 2 heteroatoms. The molecule has 0 aromatic heterocycles. The maximum Gasteiger partial charge on any atom is 0.126 e. The number of benzene rings is 1. The van der Waals surface area contributed by atoms with Crippen LogP contribution in [0.3, 0.4) is 0 Å². The van der Waals surface area contributed by atoms with E-state index in [4.69, 9.17) is 0 Å². The molecule has 0 saturated heterocycles. The molecule has 0 nitrogen and oxygen atoms in total. The molecule has 60 valence electrons. The lowest BCUT2D eigenvalue weighted by molar-refractivity contribution is 0.615. The fraction of sp³-hybridized carbons (Fsp3) is 0.333. The van der Waals surface area contributed by atoms with Crippen LogP contribution < -0.4 is 0 Å². The van der Waals surface area contributed by atoms with Crippen LogP contribution in [-0.4, -0.2) is 6.26 Å². The van der Waals surface area contributed by atoms with Crippen molar-refractivity contribution in [1.82, 2.24) is 0 Å². The van der Waals surface area contributed by atoms with E-state index >= 15 is 0 Å². The van der Waals surface area contributed by atoms with Crippen molar-refractivity contribution in [3.63, 3.8) is 0 Å². The number of thioether (sulfide) groups is 1. The van der Waals surface area contributed by atoms with Crippen molar-refractivity contribution in [1.29, 1.82) is 0 Å². The van der Waals surface area contributed by atoms with E-state index in [0.29, 0.717) is 0 Å². The number of hydrogen-bond donors (Lipinski definition) is 0. The third kappa shape index (κ3) is 1.74. The van der Waals surface area contributed by atoms with Crippen molar-refractivity contribution >= 4 is 11.8 Å². The van der Waals surface area contributed by atoms with Crippen molar-refractivity contribution in [2.45, 2.75) is 18.7 Å². The number of rotatable bonds is 1. The van der Waals surface area contributed by atoms with Crippen LogP contribution >= 0.6 is 11.8 Å². The number of aryl methyl sites for hydroxylation is 2. The standard InChI is InChI=1S/C9H11FS/c1-6-5-9(11-3)7(2)4-8(6)10/h4-5H,1-3H3. The topological polar surface area (TPSA) is 0 Å². The van der Waals surface area contributed by atoms with Gasteiger partial charge in [0.15, 0.2) is 0 Å². The van der Waals surface area contributed by atoms with Gasteiger partial charge in [0, 0.05) is 4.90 Å². The van der Waals surface area contributed by atoms with Gasteiger partial charge < -0.3 is 0 Å². The van der Waals surface area contributed by atoms with E-state index in [-0.39, 0.29) is 5.82 Å². The van der Waals surface area contributed by atoms with Gasteiger partial charge in [0.25, 0.3) is 0 Å². The molecule has 0 saturated carbocycles. The molecular weight excluding hydrogens is 159 g/mol. The predicted molar refractivity (Wildman–Crippen MR) is 47.7 cm³/mol. The van der Waals surface area contributed by atoms with Crippen LogP contribution in [0.2, 0.25) is 0 Å². The summed E-state index contributed by atoms with van der Waals surface area (Å²) >= 11 is 1.65. The largest absolute Gasteiger partial charge is 0.207 e. The number of halogens is 1. The van der Waals surface area contributed by atoms with Crippen LogP contribution in [0.15, 0.2) is 17.0 Å². The predicted octanol–water partition coefficient (Wildman–Crippen LogP) is 3.16. The molecule has 0 aliphatic heterocycles. The van der Waals surface area contributed by atoms with E-state index in [0.717, 1.165) is 16.0 Å². The molecule has 0 unspecified atom stereocenters. The Labute approximate surface area is 70.8 Å². The molecule has 1 aromatic rings. The average molecular weight is 170 g/mol. The summed E-state index contributed by atoms with van der Waals surface area (Å²) in [6.45, 7) is 3.71. The molecule has 0 atom stereocenters. The minimum absolute atomic E-state index is 0.111. The zero-order chi connectivity index (χ0) is 8.43. The molecule has 0 bridgehead atoms. The highest BCUT2D eigenvalue weighted by molar-refractivity contribution is 7.98. The lowest BCUT2D eigenvalue weighted by Crippen LogP contribution is -1.86. The van der Waals surface area contributed by atoms with Gasteiger partial charge in [-0.05, 0) is 43.4 Å². The summed E-state index contributed by atoms with van der Waals surface area (Å²) in [4.78, 5) is 1.16. The fourth-order valence-corrected chi connectivity index (χ4v) is 1.65. The second kappa shape index (κ2) is 3.26. The maximum absolute atomic E-state index is 12.9. The molecule has 0 aliphatic rings. The molecular formula is C9H11FS. The third-order valence-electron chi connectivity index (χ3n) is 1.68. The second-order valence-electron chi connectivity index (χ2n) is 2.57. The van der Waals surface area contributed by atoms with Crippen molar-refractivity contribution in [2.75, 3.05) is 6.26 Å². The molecule has 0 radical (unpaired) electrons. The minimum Gasteiger partial charge on any atom is -0.207 e. The van der Waals surface area contributed by atoms with Crippen LogP contribution in [0.25, 0.3) is 0 Å². The van der Waals surface area contributed by atoms with E-state index in [1.807, 2.05) is 19.2 Å². The maximum atomic E-state index is 12.9. The summed E-state index contributed by atoms with van der Waals surface area (Å²) in [5.41, 5.74) is 1.74. The summed E-state index contributed by atoms with van der Waals surface area (Å²) in [6.07, 6.45) is 2.00. The molecule has 0 amide bonds. The summed E-state index contributed by atoms with van der Waals surface area (Å²) in [7, 11) is 0. The molecule has 1 rings (SSSR count). The van der Waals surface area contributed by atoms with Crippen LogP contribution in [0.1, 0.15) is 11.1 Å². The van der Waals surface area contributed by atoms with E-state index in [2.05, 4.69) is 0 Å². The first-order chi connectivity index (χ1) is 5.15. The van der Waals surface area contributed by atoms with Crippen molar-refractivity contribution in [2.24, 2.45) is 0 Å². The Morgan fingerprint density at radius 2 is 1.82 bits per heavy atom. The van der Waals surface area contributed by atoms with E-state index in [1.54, 1.807) is 24.8 Å². The van der Waals surface area contributed by atoms with E-state index < -0.39 is 0 Å². The Hall–Kier alpha value is -0.500. The summed E-state index contributed by atoms with van der Waals surface area (Å²) in [5.74, 6) is -0.111. The lowest BCUT2D eigenvalue weighted by atomic mass is 10.1. The highest BCUT2D eigenvalue weighted by atomic mass is 32.2. The first kappa shape index (κ1) is 8.60. The zero-order valence-corrected chi connectivity index (χ0v) is 7.76. The number of hydrogen-bond acceptors (Lipinski definition) is 1. The van der Waals surface area contributed by atoms with Crippen LogP contribution in [-0.2, 0) is 0 Å². The minimum atomic E-state index is -0.111. The van der Waals surface area contributed by atoms with Gasteiger partial charge in [-0.25, -0.2) is 4.39 Å². The van der Waals surface area contributed by atoms with Gasteiger partial charge in [-0.1, -0.05) is 0 Å². The van der Waals surface area contributed by atoms with Crippen molar-refractivity contribution in [3.05, 3.63) is 29.1 Å². The first-order valence-electron chi connectivity index (χ1n) is 3.46. The third-order valence-corrected chi connectivity index (χ3v) is 2.56. The van der Waals surface area contributed by atoms with E-state index in [9.17, 15) is 4.39 Å². The van der Waals surface area contributed by atoms with Gasteiger partial charge in [-0.15, -0.1) is 11.8 Å². The van der Waals surface area contributed by atoms with Crippen molar-refractivity contribution < 1.29 is 4.39 Å². The van der Waals surface area contributed by atoms with Crippen LogP contribution in [0, 0.1) is 19.7 Å². The van der Waals surface area contributed by atoms with Gasteiger partial charge in [-0.3, -0.25) is 0 Å². The van der Waals surface area contributed by atoms with Gasteiger partial charge in [0.2, 0.25) is 0 Å². The molecule has 0 aliphatic carbocycles. The highest BCUT2D eigenvalue weighted by Crippen LogP contribution is 2.22.